The Kier molecular flexibility index (Phi) is 2.88. The number of H-pyrrole nitrogens is 1. The zero-order valence-electron chi connectivity index (χ0n) is 8.78. The van der Waals surface area contributed by atoms with Gasteiger partial charge in [-0.05, 0) is 18.2 Å². The molecule has 2 N–H and O–H groups in total. The molecule has 0 amide bonds. The number of carboxylic acid groups (broad SMARTS) is 1. The first-order valence-electron chi connectivity index (χ1n) is 4.76. The Morgan fingerprint density at radius 1 is 1.28 bits per heavy atom. The fourth-order valence-electron chi connectivity index (χ4n) is 1.45. The number of aromatic carboxylic acids is 1. The van der Waals surface area contributed by atoms with E-state index in [0.717, 1.165) is 18.2 Å². The summed E-state index contributed by atoms with van der Waals surface area (Å²) in [6.07, 6.45) is 0.340. The number of carbonyl (C=O) groups excluding carboxylic acids is 1. The topological polar surface area (TPSA) is 83.0 Å². The van der Waals surface area contributed by atoms with Crippen LogP contribution in [0, 0.1) is 11.6 Å². The Hall–Kier alpha value is -2.57. The molecule has 92 valence electrons. The summed E-state index contributed by atoms with van der Waals surface area (Å²) in [5, 5.41) is 14.5. The van der Waals surface area contributed by atoms with E-state index >= 15 is 0 Å². The second-order valence-electron chi connectivity index (χ2n) is 3.44. The maximum atomic E-state index is 13.1. The van der Waals surface area contributed by atoms with Crippen molar-refractivity contribution in [2.24, 2.45) is 0 Å². The summed E-state index contributed by atoms with van der Waals surface area (Å²) in [4.78, 5) is 21.4. The van der Waals surface area contributed by atoms with E-state index in [9.17, 15) is 18.4 Å². The maximum absolute atomic E-state index is 13.1. The number of aldehydes is 1. The highest BCUT2D eigenvalue weighted by Crippen LogP contribution is 2.24. The fraction of sp³-hybridized carbons (Fsp3) is 0. The molecule has 0 atom stereocenters. The average molecular weight is 252 g/mol. The molecule has 1 aromatic heterocycles. The van der Waals surface area contributed by atoms with Crippen molar-refractivity contribution in [2.45, 2.75) is 0 Å². The molecule has 0 fully saturated rings. The number of hydrogen-bond donors (Lipinski definition) is 2. The molecule has 5 nitrogen and oxygen atoms in total. The smallest absolute Gasteiger partial charge is 0.353 e. The first-order chi connectivity index (χ1) is 8.52. The standard InChI is InChI=1S/C11H6F2N2O3/c12-7-1-5(4-16)6(2-8(7)13)9-3-10(11(17)18)15-14-9/h1-4H,(H,14,15)(H,17,18). The zero-order valence-corrected chi connectivity index (χ0v) is 8.78. The van der Waals surface area contributed by atoms with Gasteiger partial charge in [-0.1, -0.05) is 0 Å². The van der Waals surface area contributed by atoms with Crippen molar-refractivity contribution in [3.63, 3.8) is 0 Å². The molecule has 7 heteroatoms. The summed E-state index contributed by atoms with van der Waals surface area (Å²) in [7, 11) is 0. The summed E-state index contributed by atoms with van der Waals surface area (Å²) < 4.78 is 26.0. The largest absolute Gasteiger partial charge is 0.477 e. The Balaban J connectivity index is 2.58. The summed E-state index contributed by atoms with van der Waals surface area (Å²) in [6, 6.07) is 2.65. The van der Waals surface area contributed by atoms with Gasteiger partial charge >= 0.3 is 5.97 Å². The number of halogens is 2. The number of carboxylic acids is 1. The minimum Gasteiger partial charge on any atom is -0.477 e. The predicted molar refractivity (Wildman–Crippen MR) is 56.3 cm³/mol. The number of benzene rings is 1. The van der Waals surface area contributed by atoms with Gasteiger partial charge in [0.2, 0.25) is 0 Å². The van der Waals surface area contributed by atoms with Crippen LogP contribution in [0.3, 0.4) is 0 Å². The molecule has 0 aliphatic rings. The third kappa shape index (κ3) is 1.97. The van der Waals surface area contributed by atoms with Crippen LogP contribution in [0.2, 0.25) is 0 Å². The van der Waals surface area contributed by atoms with Crippen molar-refractivity contribution in [1.82, 2.24) is 10.2 Å². The van der Waals surface area contributed by atoms with Gasteiger partial charge in [-0.15, -0.1) is 0 Å². The highest BCUT2D eigenvalue weighted by molar-refractivity contribution is 5.90. The average Bonchev–Trinajstić information content (AvgIpc) is 2.81. The van der Waals surface area contributed by atoms with Crippen molar-refractivity contribution >= 4 is 12.3 Å². The molecular weight excluding hydrogens is 246 g/mol. The second kappa shape index (κ2) is 4.36. The van der Waals surface area contributed by atoms with E-state index in [1.807, 2.05) is 0 Å². The van der Waals surface area contributed by atoms with Gasteiger partial charge in [0.15, 0.2) is 17.9 Å². The van der Waals surface area contributed by atoms with Gasteiger partial charge in [0, 0.05) is 11.1 Å². The molecule has 0 aliphatic heterocycles. The molecule has 18 heavy (non-hydrogen) atoms. The number of carbonyl (C=O) groups is 2. The number of aromatic amines is 1. The van der Waals surface area contributed by atoms with Crippen LogP contribution in [0.5, 0.6) is 0 Å². The first kappa shape index (κ1) is 11.9. The Morgan fingerprint density at radius 2 is 1.94 bits per heavy atom. The highest BCUT2D eigenvalue weighted by atomic mass is 19.2. The zero-order chi connectivity index (χ0) is 13.3. The predicted octanol–water partition coefficient (Wildman–Crippen LogP) is 1.87. The molecule has 0 radical (unpaired) electrons. The lowest BCUT2D eigenvalue weighted by molar-refractivity contribution is 0.0690. The van der Waals surface area contributed by atoms with E-state index in [1.165, 1.54) is 0 Å². The summed E-state index contributed by atoms with van der Waals surface area (Å²) in [5.74, 6) is -3.55. The fourth-order valence-corrected chi connectivity index (χ4v) is 1.45. The van der Waals surface area contributed by atoms with Crippen molar-refractivity contribution in [2.75, 3.05) is 0 Å². The number of nitrogens with zero attached hydrogens (tertiary/aromatic N) is 1. The van der Waals surface area contributed by atoms with Crippen LogP contribution >= 0.6 is 0 Å². The van der Waals surface area contributed by atoms with Crippen molar-refractivity contribution in [3.05, 3.63) is 41.1 Å². The monoisotopic (exact) mass is 252 g/mol. The Morgan fingerprint density at radius 3 is 2.50 bits per heavy atom. The van der Waals surface area contributed by atoms with Gasteiger partial charge in [-0.3, -0.25) is 9.89 Å². The quantitative estimate of drug-likeness (QED) is 0.817. The number of nitrogens with one attached hydrogen (secondary N) is 1. The molecule has 2 rings (SSSR count). The summed E-state index contributed by atoms with van der Waals surface area (Å²) >= 11 is 0. The Labute approximate surface area is 99.1 Å². The van der Waals surface area contributed by atoms with E-state index in [1.54, 1.807) is 0 Å². The molecule has 0 saturated carbocycles. The van der Waals surface area contributed by atoms with Crippen LogP contribution in [-0.4, -0.2) is 27.6 Å². The van der Waals surface area contributed by atoms with E-state index in [-0.39, 0.29) is 22.5 Å². The summed E-state index contributed by atoms with van der Waals surface area (Å²) in [5.41, 5.74) is -0.259. The van der Waals surface area contributed by atoms with Crippen LogP contribution in [-0.2, 0) is 0 Å². The van der Waals surface area contributed by atoms with Crippen molar-refractivity contribution in [3.8, 4) is 11.3 Å². The van der Waals surface area contributed by atoms with Crippen LogP contribution < -0.4 is 0 Å². The molecule has 1 aromatic carbocycles. The lowest BCUT2D eigenvalue weighted by atomic mass is 10.0. The number of aromatic nitrogens is 2. The normalized spacial score (nSPS) is 10.3. The lowest BCUT2D eigenvalue weighted by Gasteiger charge is -2.02. The number of hydrogen-bond acceptors (Lipinski definition) is 3. The molecule has 0 saturated heterocycles. The Bertz CT molecular complexity index is 637. The van der Waals surface area contributed by atoms with Crippen molar-refractivity contribution < 1.29 is 23.5 Å². The molecule has 0 unspecified atom stereocenters. The van der Waals surface area contributed by atoms with E-state index in [0.29, 0.717) is 6.29 Å². The minimum absolute atomic E-state index is 0.0210. The van der Waals surface area contributed by atoms with Gasteiger partial charge in [0.05, 0.1) is 5.69 Å². The molecule has 1 heterocycles. The van der Waals surface area contributed by atoms with Crippen molar-refractivity contribution in [1.29, 1.82) is 0 Å². The second-order valence-corrected chi connectivity index (χ2v) is 3.44. The van der Waals surface area contributed by atoms with Crippen LogP contribution in [0.4, 0.5) is 8.78 Å². The van der Waals surface area contributed by atoms with Gasteiger partial charge in [-0.25, -0.2) is 13.6 Å². The highest BCUT2D eigenvalue weighted by Gasteiger charge is 2.15. The minimum atomic E-state index is -1.25. The third-order valence-corrected chi connectivity index (χ3v) is 2.30. The van der Waals surface area contributed by atoms with Gasteiger partial charge in [0.1, 0.15) is 5.69 Å². The van der Waals surface area contributed by atoms with Gasteiger partial charge < -0.3 is 5.11 Å². The van der Waals surface area contributed by atoms with Crippen LogP contribution in [0.15, 0.2) is 18.2 Å². The molecular formula is C11H6F2N2O3. The van der Waals surface area contributed by atoms with Gasteiger partial charge in [-0.2, -0.15) is 5.10 Å². The SMILES string of the molecule is O=Cc1cc(F)c(F)cc1-c1cc(C(=O)O)[nH]n1. The van der Waals surface area contributed by atoms with E-state index < -0.39 is 17.6 Å². The maximum Gasteiger partial charge on any atom is 0.353 e. The molecule has 0 spiro atoms. The number of rotatable bonds is 3. The van der Waals surface area contributed by atoms with Gasteiger partial charge in [0.25, 0.3) is 0 Å². The van der Waals surface area contributed by atoms with E-state index in [2.05, 4.69) is 10.2 Å². The van der Waals surface area contributed by atoms with E-state index in [4.69, 9.17) is 5.11 Å². The first-order valence-corrected chi connectivity index (χ1v) is 4.76. The van der Waals surface area contributed by atoms with Crippen LogP contribution in [0.25, 0.3) is 11.3 Å². The molecule has 0 aliphatic carbocycles. The molecule has 0 bridgehead atoms. The molecule has 2 aromatic rings. The lowest BCUT2D eigenvalue weighted by Crippen LogP contribution is -1.95. The van der Waals surface area contributed by atoms with Crippen LogP contribution in [0.1, 0.15) is 20.8 Å². The third-order valence-electron chi connectivity index (χ3n) is 2.30. The summed E-state index contributed by atoms with van der Waals surface area (Å²) in [6.45, 7) is 0.